The van der Waals surface area contributed by atoms with E-state index in [1.165, 1.54) is 12.3 Å². The van der Waals surface area contributed by atoms with Gasteiger partial charge in [-0.1, -0.05) is 29.8 Å². The smallest absolute Gasteiger partial charge is 0.260 e. The first-order valence-corrected chi connectivity index (χ1v) is 12.5. The minimum Gasteiger partial charge on any atom is -0.489 e. The van der Waals surface area contributed by atoms with Crippen molar-refractivity contribution in [3.05, 3.63) is 58.6 Å². The highest BCUT2D eigenvalue weighted by Gasteiger charge is 2.22. The number of halogens is 1. The first-order valence-electron chi connectivity index (χ1n) is 9.12. The molecule has 1 heterocycles. The van der Waals surface area contributed by atoms with E-state index in [4.69, 9.17) is 16.3 Å². The molecule has 0 aliphatic carbocycles. The number of nitrogens with zero attached hydrogens (tertiary/aromatic N) is 2. The van der Waals surface area contributed by atoms with E-state index in [2.05, 4.69) is 10.5 Å². The molecule has 2 aromatic carbocycles. The lowest BCUT2D eigenvalue weighted by Crippen LogP contribution is -2.39. The maximum atomic E-state index is 12.3. The van der Waals surface area contributed by atoms with Gasteiger partial charge in [0.15, 0.2) is 0 Å². The Labute approximate surface area is 185 Å². The largest absolute Gasteiger partial charge is 0.489 e. The van der Waals surface area contributed by atoms with Crippen molar-refractivity contribution >= 4 is 51.2 Å². The molecule has 0 saturated carbocycles. The molecule has 30 heavy (non-hydrogen) atoms. The highest BCUT2D eigenvalue weighted by atomic mass is 35.5. The summed E-state index contributed by atoms with van der Waals surface area (Å²) in [4.78, 5) is 12.3. The molecule has 1 N–H and O–H groups in total. The summed E-state index contributed by atoms with van der Waals surface area (Å²) in [5.74, 6) is 2.14. The number of anilines is 1. The molecule has 160 valence electrons. The van der Waals surface area contributed by atoms with Crippen molar-refractivity contribution in [3.63, 3.8) is 0 Å². The Morgan fingerprint density at radius 3 is 2.77 bits per heavy atom. The average Bonchev–Trinajstić information content (AvgIpc) is 2.64. The number of hydrogen-bond acceptors (Lipinski definition) is 6. The molecule has 1 aliphatic rings. The number of hydrazone groups is 1. The van der Waals surface area contributed by atoms with Gasteiger partial charge in [0.1, 0.15) is 18.4 Å². The van der Waals surface area contributed by atoms with E-state index in [-0.39, 0.29) is 6.10 Å². The van der Waals surface area contributed by atoms with Crippen LogP contribution in [0.2, 0.25) is 5.02 Å². The number of carbonyl (C=O) groups is 1. The van der Waals surface area contributed by atoms with Gasteiger partial charge >= 0.3 is 0 Å². The van der Waals surface area contributed by atoms with E-state index in [9.17, 15) is 13.2 Å². The Balaban J connectivity index is 1.64. The summed E-state index contributed by atoms with van der Waals surface area (Å²) in [6, 6.07) is 12.2. The van der Waals surface area contributed by atoms with Crippen LogP contribution < -0.4 is 14.5 Å². The third-order valence-corrected chi connectivity index (χ3v) is 6.88. The number of thioether (sulfide) groups is 1. The Hall–Kier alpha value is -2.23. The van der Waals surface area contributed by atoms with Crippen LogP contribution in [0.25, 0.3) is 0 Å². The number of hydrogen-bond donors (Lipinski definition) is 1. The SMILES string of the molecule is Cc1ccc(Cl)cc1N(CC(=O)N/N=C\c1cccc(OC2CSC2)c1)S(C)(=O)=O. The molecule has 1 aliphatic heterocycles. The standard InChI is InChI=1S/C20H22ClN3O4S2/c1-14-6-7-16(21)9-19(14)24(30(2,26)27)11-20(25)23-22-10-15-4-3-5-17(8-15)28-18-12-29-13-18/h3-10,18H,11-13H2,1-2H3,(H,23,25)/b22-10-. The van der Waals surface area contributed by atoms with Gasteiger partial charge in [0.05, 0.1) is 18.2 Å². The van der Waals surface area contributed by atoms with Crippen LogP contribution in [0.5, 0.6) is 5.75 Å². The van der Waals surface area contributed by atoms with Gasteiger partial charge in [-0.25, -0.2) is 13.8 Å². The number of sulfonamides is 1. The lowest BCUT2D eigenvalue weighted by Gasteiger charge is -2.25. The quantitative estimate of drug-likeness (QED) is 0.476. The van der Waals surface area contributed by atoms with Crippen LogP contribution in [0.15, 0.2) is 47.6 Å². The second-order valence-electron chi connectivity index (χ2n) is 6.84. The van der Waals surface area contributed by atoms with Crippen LogP contribution in [0.1, 0.15) is 11.1 Å². The van der Waals surface area contributed by atoms with Gasteiger partial charge in [0, 0.05) is 16.5 Å². The minimum absolute atomic E-state index is 0.235. The number of ether oxygens (including phenoxy) is 1. The van der Waals surface area contributed by atoms with Crippen LogP contribution in [0.3, 0.4) is 0 Å². The molecule has 0 radical (unpaired) electrons. The molecule has 3 rings (SSSR count). The summed E-state index contributed by atoms with van der Waals surface area (Å²) in [6.45, 7) is 1.33. The summed E-state index contributed by atoms with van der Waals surface area (Å²) >= 11 is 7.84. The lowest BCUT2D eigenvalue weighted by molar-refractivity contribution is -0.119. The number of rotatable bonds is 8. The lowest BCUT2D eigenvalue weighted by atomic mass is 10.2. The van der Waals surface area contributed by atoms with Gasteiger partial charge in [0.2, 0.25) is 10.0 Å². The van der Waals surface area contributed by atoms with Crippen molar-refractivity contribution < 1.29 is 17.9 Å². The predicted octanol–water partition coefficient (Wildman–Crippen LogP) is 3.06. The molecular weight excluding hydrogens is 446 g/mol. The zero-order valence-corrected chi connectivity index (χ0v) is 18.9. The fourth-order valence-corrected chi connectivity index (χ4v) is 4.36. The van der Waals surface area contributed by atoms with E-state index in [0.29, 0.717) is 16.3 Å². The first-order chi connectivity index (χ1) is 14.2. The maximum absolute atomic E-state index is 12.3. The topological polar surface area (TPSA) is 88.1 Å². The third-order valence-electron chi connectivity index (χ3n) is 4.30. The normalized spacial score (nSPS) is 14.4. The molecule has 0 bridgehead atoms. The summed E-state index contributed by atoms with van der Waals surface area (Å²) in [7, 11) is -3.70. The summed E-state index contributed by atoms with van der Waals surface area (Å²) < 4.78 is 31.3. The Morgan fingerprint density at radius 2 is 2.10 bits per heavy atom. The number of carbonyl (C=O) groups excluding carboxylic acids is 1. The highest BCUT2D eigenvalue weighted by Crippen LogP contribution is 2.26. The maximum Gasteiger partial charge on any atom is 0.260 e. The van der Waals surface area contributed by atoms with Crippen molar-refractivity contribution in [2.75, 3.05) is 28.6 Å². The molecule has 1 amide bonds. The summed E-state index contributed by atoms with van der Waals surface area (Å²) in [6.07, 6.45) is 2.75. The Bertz CT molecular complexity index is 1060. The molecule has 0 unspecified atom stereocenters. The van der Waals surface area contributed by atoms with Crippen LogP contribution in [0.4, 0.5) is 5.69 Å². The van der Waals surface area contributed by atoms with E-state index < -0.39 is 22.5 Å². The number of benzene rings is 2. The van der Waals surface area contributed by atoms with Crippen LogP contribution in [-0.4, -0.2) is 50.9 Å². The molecular formula is C20H22ClN3O4S2. The number of amides is 1. The number of aryl methyl sites for hydroxylation is 1. The fraction of sp³-hybridized carbons (Fsp3) is 0.300. The van der Waals surface area contributed by atoms with Crippen LogP contribution >= 0.6 is 23.4 Å². The van der Waals surface area contributed by atoms with Crippen LogP contribution in [0, 0.1) is 6.92 Å². The third kappa shape index (κ3) is 6.13. The fourth-order valence-electron chi connectivity index (χ4n) is 2.72. The van der Waals surface area contributed by atoms with Gasteiger partial charge < -0.3 is 4.74 Å². The van der Waals surface area contributed by atoms with Crippen molar-refractivity contribution in [2.45, 2.75) is 13.0 Å². The molecule has 0 spiro atoms. The van der Waals surface area contributed by atoms with E-state index in [1.54, 1.807) is 19.1 Å². The molecule has 10 heteroatoms. The second-order valence-corrected chi connectivity index (χ2v) is 10.3. The first kappa shape index (κ1) is 22.5. The summed E-state index contributed by atoms with van der Waals surface area (Å²) in [5.41, 5.74) is 4.16. The zero-order valence-electron chi connectivity index (χ0n) is 16.5. The Morgan fingerprint density at radius 1 is 1.33 bits per heavy atom. The Kier molecular flexibility index (Phi) is 7.27. The molecule has 1 fully saturated rings. The van der Waals surface area contributed by atoms with E-state index >= 15 is 0 Å². The van der Waals surface area contributed by atoms with Crippen molar-refractivity contribution in [3.8, 4) is 5.75 Å². The minimum atomic E-state index is -3.70. The van der Waals surface area contributed by atoms with Gasteiger partial charge in [0.25, 0.3) is 5.91 Å². The molecule has 1 saturated heterocycles. The van der Waals surface area contributed by atoms with E-state index in [1.807, 2.05) is 36.0 Å². The molecule has 0 aromatic heterocycles. The van der Waals surface area contributed by atoms with Gasteiger partial charge in [-0.15, -0.1) is 0 Å². The van der Waals surface area contributed by atoms with Crippen LogP contribution in [-0.2, 0) is 14.8 Å². The van der Waals surface area contributed by atoms with Gasteiger partial charge in [-0.3, -0.25) is 9.10 Å². The predicted molar refractivity (Wildman–Crippen MR) is 122 cm³/mol. The zero-order chi connectivity index (χ0) is 21.7. The van der Waals surface area contributed by atoms with Crippen molar-refractivity contribution in [2.24, 2.45) is 5.10 Å². The van der Waals surface area contributed by atoms with Crippen molar-refractivity contribution in [1.82, 2.24) is 5.43 Å². The molecule has 2 aromatic rings. The second kappa shape index (κ2) is 9.72. The van der Waals surface area contributed by atoms with Gasteiger partial charge in [-0.2, -0.15) is 16.9 Å². The molecule has 7 nitrogen and oxygen atoms in total. The molecule has 0 atom stereocenters. The number of nitrogens with one attached hydrogen (secondary N) is 1. The van der Waals surface area contributed by atoms with E-state index in [0.717, 1.165) is 33.4 Å². The summed E-state index contributed by atoms with van der Waals surface area (Å²) in [5, 5.41) is 4.31. The average molecular weight is 468 g/mol. The highest BCUT2D eigenvalue weighted by molar-refractivity contribution is 8.00. The van der Waals surface area contributed by atoms with Gasteiger partial charge in [-0.05, 0) is 42.3 Å². The monoisotopic (exact) mass is 467 g/mol. The van der Waals surface area contributed by atoms with Crippen molar-refractivity contribution in [1.29, 1.82) is 0 Å².